The third kappa shape index (κ3) is 6.50. The Hall–Kier alpha value is -2.48. The number of benzene rings is 1. The molecule has 1 aromatic carbocycles. The number of rotatable bonds is 8. The Balaban J connectivity index is 1.67. The minimum atomic E-state index is -3.18. The normalized spacial score (nSPS) is 12.0. The highest BCUT2D eigenvalue weighted by Crippen LogP contribution is 2.15. The van der Waals surface area contributed by atoms with Crippen molar-refractivity contribution < 1.29 is 17.6 Å². The second kappa shape index (κ2) is 9.12. The van der Waals surface area contributed by atoms with E-state index in [-0.39, 0.29) is 4.90 Å². The lowest BCUT2D eigenvalue weighted by Crippen LogP contribution is -2.40. The summed E-state index contributed by atoms with van der Waals surface area (Å²) in [5, 5.41) is 6.33. The van der Waals surface area contributed by atoms with Gasteiger partial charge in [-0.15, -0.1) is 0 Å². The summed E-state index contributed by atoms with van der Waals surface area (Å²) in [6.07, 6.45) is 3.61. The van der Waals surface area contributed by atoms with Gasteiger partial charge < -0.3 is 19.8 Å². The van der Waals surface area contributed by atoms with Crippen LogP contribution in [0.1, 0.15) is 5.76 Å². The van der Waals surface area contributed by atoms with E-state index >= 15 is 0 Å². The molecule has 0 fully saturated rings. The minimum absolute atomic E-state index is 0.277. The van der Waals surface area contributed by atoms with Gasteiger partial charge in [-0.1, -0.05) is 0 Å². The summed E-state index contributed by atoms with van der Waals surface area (Å²) >= 11 is 0. The zero-order chi connectivity index (χ0) is 18.1. The van der Waals surface area contributed by atoms with Crippen LogP contribution < -0.4 is 15.4 Å². The smallest absolute Gasteiger partial charge is 0.191 e. The van der Waals surface area contributed by atoms with Gasteiger partial charge >= 0.3 is 0 Å². The molecule has 0 bridgehead atoms. The molecule has 0 aliphatic carbocycles. The maximum Gasteiger partial charge on any atom is 0.191 e. The van der Waals surface area contributed by atoms with Crippen LogP contribution in [0, 0.1) is 0 Å². The number of aliphatic imine (C=N–C) groups is 1. The second-order valence-corrected chi connectivity index (χ2v) is 7.36. The molecule has 0 aliphatic heterocycles. The third-order valence-electron chi connectivity index (χ3n) is 3.38. The molecule has 0 aliphatic rings. The monoisotopic (exact) mass is 365 g/mol. The molecule has 1 heterocycles. The second-order valence-electron chi connectivity index (χ2n) is 5.35. The third-order valence-corrected chi connectivity index (χ3v) is 4.51. The van der Waals surface area contributed by atoms with Gasteiger partial charge in [-0.2, -0.15) is 0 Å². The standard InChI is InChI=1S/C17H23N3O4S/c1-18-17(19-10-9-14-4-3-12-23-14)20-11-13-24-15-5-7-16(8-6-15)25(2,21)22/h3-8,12H,9-11,13H2,1-2H3,(H2,18,19,20). The average molecular weight is 365 g/mol. The molecule has 0 saturated carbocycles. The van der Waals surface area contributed by atoms with Crippen LogP contribution in [0.25, 0.3) is 0 Å². The van der Waals surface area contributed by atoms with E-state index in [4.69, 9.17) is 9.15 Å². The van der Waals surface area contributed by atoms with Crippen molar-refractivity contribution in [3.63, 3.8) is 0 Å². The fraction of sp³-hybridized carbons (Fsp3) is 0.353. The van der Waals surface area contributed by atoms with Gasteiger partial charge in [-0.3, -0.25) is 4.99 Å². The van der Waals surface area contributed by atoms with Crippen LogP contribution in [0.15, 0.2) is 57.0 Å². The zero-order valence-electron chi connectivity index (χ0n) is 14.4. The first kappa shape index (κ1) is 18.9. The van der Waals surface area contributed by atoms with Gasteiger partial charge in [0, 0.05) is 26.3 Å². The zero-order valence-corrected chi connectivity index (χ0v) is 15.2. The highest BCUT2D eigenvalue weighted by molar-refractivity contribution is 7.90. The lowest BCUT2D eigenvalue weighted by molar-refractivity contribution is 0.321. The van der Waals surface area contributed by atoms with E-state index in [0.29, 0.717) is 31.4 Å². The topological polar surface area (TPSA) is 92.9 Å². The number of hydrogen-bond acceptors (Lipinski definition) is 5. The molecule has 0 atom stereocenters. The van der Waals surface area contributed by atoms with Crippen molar-refractivity contribution in [1.82, 2.24) is 10.6 Å². The minimum Gasteiger partial charge on any atom is -0.492 e. The van der Waals surface area contributed by atoms with Crippen LogP contribution >= 0.6 is 0 Å². The van der Waals surface area contributed by atoms with E-state index < -0.39 is 9.84 Å². The van der Waals surface area contributed by atoms with E-state index in [1.165, 1.54) is 18.4 Å². The maximum absolute atomic E-state index is 11.4. The molecule has 0 amide bonds. The van der Waals surface area contributed by atoms with Gasteiger partial charge in [0.25, 0.3) is 0 Å². The summed E-state index contributed by atoms with van der Waals surface area (Å²) in [7, 11) is -1.48. The molecule has 7 nitrogen and oxygen atoms in total. The summed E-state index contributed by atoms with van der Waals surface area (Å²) in [5.41, 5.74) is 0. The number of nitrogens with zero attached hydrogens (tertiary/aromatic N) is 1. The van der Waals surface area contributed by atoms with Crippen molar-refractivity contribution in [2.75, 3.05) is 33.0 Å². The van der Waals surface area contributed by atoms with Gasteiger partial charge in [0.15, 0.2) is 15.8 Å². The van der Waals surface area contributed by atoms with E-state index in [9.17, 15) is 8.42 Å². The van der Waals surface area contributed by atoms with E-state index in [0.717, 1.165) is 12.2 Å². The van der Waals surface area contributed by atoms with Crippen LogP contribution in [-0.4, -0.2) is 47.4 Å². The highest BCUT2D eigenvalue weighted by atomic mass is 32.2. The van der Waals surface area contributed by atoms with Gasteiger partial charge in [0.05, 0.1) is 17.7 Å². The predicted molar refractivity (Wildman–Crippen MR) is 96.8 cm³/mol. The molecule has 2 N–H and O–H groups in total. The molecule has 8 heteroatoms. The summed E-state index contributed by atoms with van der Waals surface area (Å²) in [5.74, 6) is 2.22. The van der Waals surface area contributed by atoms with Gasteiger partial charge in [-0.05, 0) is 36.4 Å². The lowest BCUT2D eigenvalue weighted by atomic mass is 10.3. The van der Waals surface area contributed by atoms with Crippen molar-refractivity contribution in [1.29, 1.82) is 0 Å². The van der Waals surface area contributed by atoms with Crippen molar-refractivity contribution >= 4 is 15.8 Å². The largest absolute Gasteiger partial charge is 0.492 e. The van der Waals surface area contributed by atoms with Gasteiger partial charge in [-0.25, -0.2) is 8.42 Å². The fourth-order valence-corrected chi connectivity index (χ4v) is 2.73. The first-order valence-electron chi connectivity index (χ1n) is 7.89. The quantitative estimate of drug-likeness (QED) is 0.418. The Labute approximate surface area is 148 Å². The van der Waals surface area contributed by atoms with Gasteiger partial charge in [0.2, 0.25) is 0 Å². The molecule has 0 radical (unpaired) electrons. The number of guanidine groups is 1. The van der Waals surface area contributed by atoms with E-state index in [1.54, 1.807) is 25.4 Å². The molecule has 136 valence electrons. The van der Waals surface area contributed by atoms with Crippen molar-refractivity contribution in [2.24, 2.45) is 4.99 Å². The molecule has 0 saturated heterocycles. The molecule has 2 rings (SSSR count). The predicted octanol–water partition coefficient (Wildman–Crippen LogP) is 1.47. The number of sulfone groups is 1. The number of hydrogen-bond donors (Lipinski definition) is 2. The van der Waals surface area contributed by atoms with Crippen LogP contribution in [0.2, 0.25) is 0 Å². The summed E-state index contributed by atoms with van der Waals surface area (Å²) in [6, 6.07) is 10.2. The van der Waals surface area contributed by atoms with Crippen LogP contribution in [0.3, 0.4) is 0 Å². The Morgan fingerprint density at radius 1 is 1.16 bits per heavy atom. The van der Waals surface area contributed by atoms with Crippen molar-refractivity contribution in [2.45, 2.75) is 11.3 Å². The number of furan rings is 1. The Bertz CT molecular complexity index is 769. The van der Waals surface area contributed by atoms with E-state index in [1.807, 2.05) is 12.1 Å². The van der Waals surface area contributed by atoms with Crippen LogP contribution in [0.4, 0.5) is 0 Å². The molecule has 0 spiro atoms. The molecular weight excluding hydrogens is 342 g/mol. The molecule has 1 aromatic heterocycles. The summed E-state index contributed by atoms with van der Waals surface area (Å²) in [4.78, 5) is 4.41. The summed E-state index contributed by atoms with van der Waals surface area (Å²) < 4.78 is 33.6. The fourth-order valence-electron chi connectivity index (χ4n) is 2.10. The van der Waals surface area contributed by atoms with E-state index in [2.05, 4.69) is 15.6 Å². The Kier molecular flexibility index (Phi) is 6.88. The van der Waals surface area contributed by atoms with Crippen LogP contribution in [-0.2, 0) is 16.3 Å². The Morgan fingerprint density at radius 3 is 2.48 bits per heavy atom. The first-order valence-corrected chi connectivity index (χ1v) is 9.78. The molecular formula is C17H23N3O4S. The first-order chi connectivity index (χ1) is 12.0. The lowest BCUT2D eigenvalue weighted by Gasteiger charge is -2.12. The Morgan fingerprint density at radius 2 is 1.88 bits per heavy atom. The number of ether oxygens (including phenoxy) is 1. The average Bonchev–Trinajstić information content (AvgIpc) is 3.10. The molecule has 2 aromatic rings. The molecule has 25 heavy (non-hydrogen) atoms. The van der Waals surface area contributed by atoms with Crippen molar-refractivity contribution in [3.8, 4) is 5.75 Å². The van der Waals surface area contributed by atoms with Gasteiger partial charge in [0.1, 0.15) is 18.1 Å². The number of nitrogens with one attached hydrogen (secondary N) is 2. The molecule has 0 unspecified atom stereocenters. The maximum atomic E-state index is 11.4. The highest BCUT2D eigenvalue weighted by Gasteiger charge is 2.06. The van der Waals surface area contributed by atoms with Crippen LogP contribution in [0.5, 0.6) is 5.75 Å². The summed E-state index contributed by atoms with van der Waals surface area (Å²) in [6.45, 7) is 1.70. The van der Waals surface area contributed by atoms with Crippen molar-refractivity contribution in [3.05, 3.63) is 48.4 Å². The SMILES string of the molecule is CN=C(NCCOc1ccc(S(C)(=O)=O)cc1)NCCc1ccco1.